The standard InChI is InChI=1S/C18H21ClN4O2/c1-12(24)22-18-9-14(15(19)11-21-18)16-3-2-4-17(23-16)20-10-13-5-7-25-8-6-13/h2-4,9,11,13H,5-8,10H2,1H3,(H,20,23)(H,21,22,24). The van der Waals surface area contributed by atoms with Gasteiger partial charge in [-0.25, -0.2) is 9.97 Å². The minimum atomic E-state index is -0.180. The van der Waals surface area contributed by atoms with Crippen LogP contribution in [-0.4, -0.2) is 35.6 Å². The molecule has 132 valence electrons. The molecule has 2 N–H and O–H groups in total. The predicted molar refractivity (Wildman–Crippen MR) is 98.8 cm³/mol. The fourth-order valence-corrected chi connectivity index (χ4v) is 2.97. The van der Waals surface area contributed by atoms with Crippen LogP contribution in [-0.2, 0) is 9.53 Å². The number of carbonyl (C=O) groups is 1. The van der Waals surface area contributed by atoms with E-state index in [1.165, 1.54) is 13.1 Å². The fourth-order valence-electron chi connectivity index (χ4n) is 2.77. The van der Waals surface area contributed by atoms with Gasteiger partial charge in [-0.2, -0.15) is 0 Å². The van der Waals surface area contributed by atoms with E-state index in [0.717, 1.165) is 49.7 Å². The number of nitrogens with zero attached hydrogens (tertiary/aromatic N) is 2. The van der Waals surface area contributed by atoms with Crippen LogP contribution >= 0.6 is 11.6 Å². The molecule has 3 heterocycles. The lowest BCUT2D eigenvalue weighted by Crippen LogP contribution is -2.22. The number of halogens is 1. The molecule has 0 unspecified atom stereocenters. The summed E-state index contributed by atoms with van der Waals surface area (Å²) in [5.41, 5.74) is 1.46. The summed E-state index contributed by atoms with van der Waals surface area (Å²) in [5, 5.41) is 6.55. The van der Waals surface area contributed by atoms with Crippen LogP contribution in [0, 0.1) is 5.92 Å². The highest BCUT2D eigenvalue weighted by molar-refractivity contribution is 6.33. The lowest BCUT2D eigenvalue weighted by Gasteiger charge is -2.22. The first-order valence-corrected chi connectivity index (χ1v) is 8.72. The smallest absolute Gasteiger partial charge is 0.222 e. The zero-order chi connectivity index (χ0) is 17.6. The van der Waals surface area contributed by atoms with Gasteiger partial charge in [-0.05, 0) is 37.0 Å². The van der Waals surface area contributed by atoms with Crippen molar-refractivity contribution < 1.29 is 9.53 Å². The van der Waals surface area contributed by atoms with Crippen molar-refractivity contribution in [1.29, 1.82) is 0 Å². The Hall–Kier alpha value is -2.18. The Morgan fingerprint density at radius 3 is 2.88 bits per heavy atom. The van der Waals surface area contributed by atoms with Crippen LogP contribution in [0.1, 0.15) is 19.8 Å². The molecule has 7 heteroatoms. The molecule has 3 rings (SSSR count). The number of pyridine rings is 2. The van der Waals surface area contributed by atoms with Crippen molar-refractivity contribution >= 4 is 29.1 Å². The minimum Gasteiger partial charge on any atom is -0.381 e. The number of carbonyl (C=O) groups excluding carboxylic acids is 1. The Balaban J connectivity index is 1.75. The van der Waals surface area contributed by atoms with Gasteiger partial charge in [0.15, 0.2) is 0 Å². The van der Waals surface area contributed by atoms with Gasteiger partial charge in [0, 0.05) is 38.4 Å². The zero-order valence-corrected chi connectivity index (χ0v) is 14.8. The zero-order valence-electron chi connectivity index (χ0n) is 14.1. The van der Waals surface area contributed by atoms with E-state index in [1.54, 1.807) is 6.07 Å². The largest absolute Gasteiger partial charge is 0.381 e. The number of hydrogen-bond donors (Lipinski definition) is 2. The summed E-state index contributed by atoms with van der Waals surface area (Å²) in [5.74, 6) is 1.68. The van der Waals surface area contributed by atoms with Gasteiger partial charge >= 0.3 is 0 Å². The van der Waals surface area contributed by atoms with E-state index in [9.17, 15) is 4.79 Å². The second-order valence-electron chi connectivity index (χ2n) is 6.08. The van der Waals surface area contributed by atoms with Crippen LogP contribution in [0.2, 0.25) is 5.02 Å². The van der Waals surface area contributed by atoms with Gasteiger partial charge in [0.2, 0.25) is 5.91 Å². The number of amides is 1. The van der Waals surface area contributed by atoms with E-state index >= 15 is 0 Å². The van der Waals surface area contributed by atoms with Crippen molar-refractivity contribution in [3.8, 4) is 11.3 Å². The summed E-state index contributed by atoms with van der Waals surface area (Å²) in [6.45, 7) is 3.98. The van der Waals surface area contributed by atoms with E-state index in [-0.39, 0.29) is 5.91 Å². The highest BCUT2D eigenvalue weighted by Gasteiger charge is 2.14. The van der Waals surface area contributed by atoms with Crippen LogP contribution in [0.25, 0.3) is 11.3 Å². The second kappa shape index (κ2) is 8.27. The van der Waals surface area contributed by atoms with Crippen molar-refractivity contribution in [2.45, 2.75) is 19.8 Å². The summed E-state index contributed by atoms with van der Waals surface area (Å²) in [4.78, 5) is 20.0. The van der Waals surface area contributed by atoms with Gasteiger partial charge in [0.1, 0.15) is 11.6 Å². The molecule has 0 radical (unpaired) electrons. The molecule has 2 aromatic heterocycles. The lowest BCUT2D eigenvalue weighted by atomic mass is 10.0. The van der Waals surface area contributed by atoms with E-state index < -0.39 is 0 Å². The molecule has 25 heavy (non-hydrogen) atoms. The van der Waals surface area contributed by atoms with E-state index in [2.05, 4.69) is 20.6 Å². The molecule has 2 aromatic rings. The number of aromatic nitrogens is 2. The molecule has 0 saturated carbocycles. The molecule has 0 aromatic carbocycles. The normalized spacial score (nSPS) is 15.0. The van der Waals surface area contributed by atoms with E-state index in [0.29, 0.717) is 16.8 Å². The van der Waals surface area contributed by atoms with Crippen LogP contribution in [0.4, 0.5) is 11.6 Å². The Labute approximate surface area is 152 Å². The number of ether oxygens (including phenoxy) is 1. The summed E-state index contributed by atoms with van der Waals surface area (Å²) in [6, 6.07) is 7.49. The maximum Gasteiger partial charge on any atom is 0.222 e. The van der Waals surface area contributed by atoms with Crippen LogP contribution in [0.3, 0.4) is 0 Å². The summed E-state index contributed by atoms with van der Waals surface area (Å²) in [7, 11) is 0. The Bertz CT molecular complexity index is 748. The molecule has 1 aliphatic rings. The van der Waals surface area contributed by atoms with Gasteiger partial charge < -0.3 is 15.4 Å². The van der Waals surface area contributed by atoms with Gasteiger partial charge in [-0.15, -0.1) is 0 Å². The predicted octanol–water partition coefficient (Wildman–Crippen LogP) is 3.59. The average Bonchev–Trinajstić information content (AvgIpc) is 2.62. The van der Waals surface area contributed by atoms with Gasteiger partial charge in [-0.1, -0.05) is 17.7 Å². The van der Waals surface area contributed by atoms with Crippen molar-refractivity contribution in [1.82, 2.24) is 9.97 Å². The first-order valence-electron chi connectivity index (χ1n) is 8.34. The summed E-state index contributed by atoms with van der Waals surface area (Å²) in [6.07, 6.45) is 3.66. The fraction of sp³-hybridized carbons (Fsp3) is 0.389. The van der Waals surface area contributed by atoms with E-state index in [4.69, 9.17) is 16.3 Å². The van der Waals surface area contributed by atoms with E-state index in [1.807, 2.05) is 18.2 Å². The van der Waals surface area contributed by atoms with Crippen molar-refractivity contribution in [2.24, 2.45) is 5.92 Å². The molecule has 1 fully saturated rings. The van der Waals surface area contributed by atoms with Crippen LogP contribution in [0.5, 0.6) is 0 Å². The Morgan fingerprint density at radius 2 is 2.12 bits per heavy atom. The molecular formula is C18H21ClN4O2. The van der Waals surface area contributed by atoms with Gasteiger partial charge in [-0.3, -0.25) is 4.79 Å². The first-order chi connectivity index (χ1) is 12.1. The van der Waals surface area contributed by atoms with Crippen molar-refractivity contribution in [3.05, 3.63) is 35.5 Å². The summed E-state index contributed by atoms with van der Waals surface area (Å²) >= 11 is 6.27. The number of rotatable bonds is 5. The SMILES string of the molecule is CC(=O)Nc1cc(-c2cccc(NCC3CCOCC3)n2)c(Cl)cn1. The monoisotopic (exact) mass is 360 g/mol. The van der Waals surface area contributed by atoms with Crippen LogP contribution in [0.15, 0.2) is 30.5 Å². The molecule has 0 spiro atoms. The van der Waals surface area contributed by atoms with Gasteiger partial charge in [0.25, 0.3) is 0 Å². The highest BCUT2D eigenvalue weighted by Crippen LogP contribution is 2.28. The third-order valence-electron chi connectivity index (χ3n) is 4.10. The lowest BCUT2D eigenvalue weighted by molar-refractivity contribution is -0.114. The molecule has 0 bridgehead atoms. The maximum absolute atomic E-state index is 11.2. The Morgan fingerprint density at radius 1 is 1.32 bits per heavy atom. The molecule has 1 saturated heterocycles. The molecule has 6 nitrogen and oxygen atoms in total. The molecule has 0 atom stereocenters. The summed E-state index contributed by atoms with van der Waals surface area (Å²) < 4.78 is 5.39. The third-order valence-corrected chi connectivity index (χ3v) is 4.40. The Kier molecular flexibility index (Phi) is 5.83. The second-order valence-corrected chi connectivity index (χ2v) is 6.48. The topological polar surface area (TPSA) is 76.1 Å². The minimum absolute atomic E-state index is 0.180. The molecular weight excluding hydrogens is 340 g/mol. The molecule has 1 aliphatic heterocycles. The number of hydrogen-bond acceptors (Lipinski definition) is 5. The average molecular weight is 361 g/mol. The quantitative estimate of drug-likeness (QED) is 0.852. The molecule has 1 amide bonds. The number of nitrogens with one attached hydrogen (secondary N) is 2. The van der Waals surface area contributed by atoms with Crippen LogP contribution < -0.4 is 10.6 Å². The molecule has 0 aliphatic carbocycles. The first kappa shape index (κ1) is 17.6. The van der Waals surface area contributed by atoms with Crippen molar-refractivity contribution in [2.75, 3.05) is 30.4 Å². The maximum atomic E-state index is 11.2. The van der Waals surface area contributed by atoms with Gasteiger partial charge in [0.05, 0.1) is 10.7 Å². The third kappa shape index (κ3) is 4.90. The van der Waals surface area contributed by atoms with Crippen molar-refractivity contribution in [3.63, 3.8) is 0 Å². The highest BCUT2D eigenvalue weighted by atomic mass is 35.5. The number of anilines is 2.